The summed E-state index contributed by atoms with van der Waals surface area (Å²) in [6, 6.07) is 3.61. The highest BCUT2D eigenvalue weighted by Gasteiger charge is 1.93. The number of hydrogen-bond donors (Lipinski definition) is 1. The Morgan fingerprint density at radius 3 is 3.00 bits per heavy atom. The number of halogens is 1. The lowest BCUT2D eigenvalue weighted by Crippen LogP contribution is -1.67. The van der Waals surface area contributed by atoms with E-state index in [1.165, 1.54) is 6.08 Å². The van der Waals surface area contributed by atoms with Crippen molar-refractivity contribution < 1.29 is 0 Å². The van der Waals surface area contributed by atoms with Crippen LogP contribution in [0.3, 0.4) is 0 Å². The first-order valence-corrected chi connectivity index (χ1v) is 3.11. The standard InChI is InChI=1S/C7H5ClN2/c8-6-3-5-10-7(6)2-1-4-9/h1-3,5,10H. The predicted octanol–water partition coefficient (Wildman–Crippen LogP) is 2.20. The van der Waals surface area contributed by atoms with Crippen molar-refractivity contribution in [2.24, 2.45) is 0 Å². The van der Waals surface area contributed by atoms with E-state index in [0.29, 0.717) is 5.02 Å². The van der Waals surface area contributed by atoms with Gasteiger partial charge in [0.1, 0.15) is 0 Å². The van der Waals surface area contributed by atoms with Crippen LogP contribution in [0, 0.1) is 11.3 Å². The second-order valence-corrected chi connectivity index (χ2v) is 2.11. The Kier molecular flexibility index (Phi) is 2.14. The Bertz CT molecular complexity index is 280. The van der Waals surface area contributed by atoms with Gasteiger partial charge in [-0.25, -0.2) is 0 Å². The summed E-state index contributed by atoms with van der Waals surface area (Å²) >= 11 is 5.68. The average molecular weight is 153 g/mol. The number of rotatable bonds is 1. The molecule has 1 aromatic heterocycles. The van der Waals surface area contributed by atoms with Gasteiger partial charge in [0.05, 0.1) is 16.8 Å². The Balaban J connectivity index is 2.87. The summed E-state index contributed by atoms with van der Waals surface area (Å²) in [6.07, 6.45) is 4.72. The minimum Gasteiger partial charge on any atom is -0.360 e. The topological polar surface area (TPSA) is 39.6 Å². The van der Waals surface area contributed by atoms with Crippen molar-refractivity contribution in [1.82, 2.24) is 4.98 Å². The minimum absolute atomic E-state index is 0.631. The molecule has 0 amide bonds. The first-order valence-electron chi connectivity index (χ1n) is 2.73. The molecule has 0 aromatic carbocycles. The van der Waals surface area contributed by atoms with E-state index in [1.807, 2.05) is 6.07 Å². The van der Waals surface area contributed by atoms with Crippen LogP contribution < -0.4 is 0 Å². The monoisotopic (exact) mass is 152 g/mol. The number of nitrogens with zero attached hydrogens (tertiary/aromatic N) is 1. The molecule has 0 aliphatic carbocycles. The summed E-state index contributed by atoms with van der Waals surface area (Å²) in [5, 5.41) is 8.79. The number of allylic oxidation sites excluding steroid dienone is 1. The highest BCUT2D eigenvalue weighted by Crippen LogP contribution is 2.14. The molecule has 0 fully saturated rings. The molecular weight excluding hydrogens is 148 g/mol. The molecule has 0 saturated heterocycles. The molecule has 0 unspecified atom stereocenters. The lowest BCUT2D eigenvalue weighted by molar-refractivity contribution is 1.38. The van der Waals surface area contributed by atoms with Gasteiger partial charge in [-0.1, -0.05) is 11.6 Å². The van der Waals surface area contributed by atoms with Gasteiger partial charge in [-0.3, -0.25) is 0 Å². The van der Waals surface area contributed by atoms with E-state index in [1.54, 1.807) is 18.3 Å². The molecule has 3 heteroatoms. The van der Waals surface area contributed by atoms with Gasteiger partial charge in [-0.15, -0.1) is 0 Å². The van der Waals surface area contributed by atoms with E-state index in [-0.39, 0.29) is 0 Å². The van der Waals surface area contributed by atoms with Crippen molar-refractivity contribution in [3.63, 3.8) is 0 Å². The second-order valence-electron chi connectivity index (χ2n) is 1.70. The Hall–Kier alpha value is -1.20. The van der Waals surface area contributed by atoms with Gasteiger partial charge in [0.25, 0.3) is 0 Å². The fourth-order valence-corrected chi connectivity index (χ4v) is 0.792. The molecule has 0 saturated carbocycles. The molecule has 10 heavy (non-hydrogen) atoms. The van der Waals surface area contributed by atoms with E-state index in [0.717, 1.165) is 5.69 Å². The third kappa shape index (κ3) is 1.40. The summed E-state index contributed by atoms with van der Waals surface area (Å²) in [5.41, 5.74) is 0.767. The first kappa shape index (κ1) is 6.91. The van der Waals surface area contributed by atoms with Gasteiger partial charge in [0.2, 0.25) is 0 Å². The zero-order valence-corrected chi connectivity index (χ0v) is 5.89. The highest BCUT2D eigenvalue weighted by atomic mass is 35.5. The van der Waals surface area contributed by atoms with Crippen LogP contribution in [0.2, 0.25) is 5.02 Å². The SMILES string of the molecule is N#CC=Cc1[nH]ccc1Cl. The number of hydrogen-bond acceptors (Lipinski definition) is 1. The number of H-pyrrole nitrogens is 1. The van der Waals surface area contributed by atoms with Gasteiger partial charge >= 0.3 is 0 Å². The van der Waals surface area contributed by atoms with Crippen molar-refractivity contribution in [1.29, 1.82) is 5.26 Å². The predicted molar refractivity (Wildman–Crippen MR) is 40.4 cm³/mol. The third-order valence-electron chi connectivity index (χ3n) is 1.05. The molecule has 1 heterocycles. The van der Waals surface area contributed by atoms with Crippen LogP contribution in [-0.4, -0.2) is 4.98 Å². The largest absolute Gasteiger partial charge is 0.360 e. The highest BCUT2D eigenvalue weighted by molar-refractivity contribution is 6.31. The number of nitriles is 1. The smallest absolute Gasteiger partial charge is 0.0912 e. The number of aromatic nitrogens is 1. The van der Waals surface area contributed by atoms with Gasteiger partial charge in [-0.2, -0.15) is 5.26 Å². The summed E-state index contributed by atoms with van der Waals surface area (Å²) in [7, 11) is 0. The van der Waals surface area contributed by atoms with Crippen LogP contribution >= 0.6 is 11.6 Å². The molecule has 0 bridgehead atoms. The zero-order valence-electron chi connectivity index (χ0n) is 5.13. The molecule has 50 valence electrons. The molecule has 1 aromatic rings. The van der Waals surface area contributed by atoms with E-state index < -0.39 is 0 Å². The van der Waals surface area contributed by atoms with Crippen LogP contribution in [0.4, 0.5) is 0 Å². The van der Waals surface area contributed by atoms with E-state index in [2.05, 4.69) is 4.98 Å². The lowest BCUT2D eigenvalue weighted by Gasteiger charge is -1.83. The molecule has 0 radical (unpaired) electrons. The van der Waals surface area contributed by atoms with Gasteiger partial charge in [-0.05, 0) is 12.1 Å². The Morgan fingerprint density at radius 2 is 2.50 bits per heavy atom. The maximum absolute atomic E-state index is 8.16. The van der Waals surface area contributed by atoms with Crippen LogP contribution in [0.1, 0.15) is 5.69 Å². The molecule has 0 spiro atoms. The fourth-order valence-electron chi connectivity index (χ4n) is 0.612. The maximum atomic E-state index is 8.16. The second kappa shape index (κ2) is 3.09. The van der Waals surface area contributed by atoms with Crippen LogP contribution in [0.5, 0.6) is 0 Å². The van der Waals surface area contributed by atoms with Crippen molar-refractivity contribution in [3.8, 4) is 6.07 Å². The Morgan fingerprint density at radius 1 is 1.70 bits per heavy atom. The first-order chi connectivity index (χ1) is 4.84. The normalized spacial score (nSPS) is 10.0. The maximum Gasteiger partial charge on any atom is 0.0912 e. The summed E-state index contributed by atoms with van der Waals surface area (Å²) in [6.45, 7) is 0. The molecule has 0 aliphatic heterocycles. The van der Waals surface area contributed by atoms with Crippen LogP contribution in [0.15, 0.2) is 18.3 Å². The third-order valence-corrected chi connectivity index (χ3v) is 1.38. The summed E-state index contributed by atoms with van der Waals surface area (Å²) in [4.78, 5) is 2.87. The van der Waals surface area contributed by atoms with Crippen molar-refractivity contribution in [2.75, 3.05) is 0 Å². The number of aromatic amines is 1. The van der Waals surface area contributed by atoms with Crippen LogP contribution in [-0.2, 0) is 0 Å². The van der Waals surface area contributed by atoms with E-state index in [9.17, 15) is 0 Å². The average Bonchev–Trinajstić information content (AvgIpc) is 2.31. The van der Waals surface area contributed by atoms with Crippen LogP contribution in [0.25, 0.3) is 6.08 Å². The quantitative estimate of drug-likeness (QED) is 0.616. The van der Waals surface area contributed by atoms with Crippen molar-refractivity contribution in [3.05, 3.63) is 29.1 Å². The molecule has 1 N–H and O–H groups in total. The minimum atomic E-state index is 0.631. The fraction of sp³-hybridized carbons (Fsp3) is 0. The van der Waals surface area contributed by atoms with Crippen molar-refractivity contribution >= 4 is 17.7 Å². The number of nitrogens with one attached hydrogen (secondary N) is 1. The van der Waals surface area contributed by atoms with Gasteiger partial charge in [0, 0.05) is 12.3 Å². The molecule has 1 rings (SSSR count). The molecule has 2 nitrogen and oxygen atoms in total. The van der Waals surface area contributed by atoms with Crippen molar-refractivity contribution in [2.45, 2.75) is 0 Å². The van der Waals surface area contributed by atoms with E-state index >= 15 is 0 Å². The van der Waals surface area contributed by atoms with E-state index in [4.69, 9.17) is 16.9 Å². The van der Waals surface area contributed by atoms with Gasteiger partial charge < -0.3 is 4.98 Å². The Labute approximate surface area is 63.7 Å². The summed E-state index contributed by atoms with van der Waals surface area (Å²) < 4.78 is 0. The lowest BCUT2D eigenvalue weighted by atomic mass is 10.4. The molecule has 0 aliphatic rings. The zero-order chi connectivity index (χ0) is 7.40. The molecular formula is C7H5ClN2. The summed E-state index contributed by atoms with van der Waals surface area (Å²) in [5.74, 6) is 0. The molecule has 0 atom stereocenters. The van der Waals surface area contributed by atoms with Gasteiger partial charge in [0.15, 0.2) is 0 Å².